The molecule has 0 saturated heterocycles. The molecule has 4 nitrogen and oxygen atoms in total. The fourth-order valence-electron chi connectivity index (χ4n) is 1.35. The minimum atomic E-state index is -0.334. The number of nitrogens with one attached hydrogen (secondary N) is 1. The van der Waals surface area contributed by atoms with E-state index in [9.17, 15) is 9.90 Å². The summed E-state index contributed by atoms with van der Waals surface area (Å²) in [5, 5.41) is 12.1. The van der Waals surface area contributed by atoms with Crippen molar-refractivity contribution in [1.29, 1.82) is 0 Å². The van der Waals surface area contributed by atoms with Crippen LogP contribution in [-0.4, -0.2) is 28.6 Å². The molecule has 0 spiro atoms. The summed E-state index contributed by atoms with van der Waals surface area (Å²) in [5.74, 6) is -0.117. The number of nitrogens with zero attached hydrogens (tertiary/aromatic N) is 1. The Morgan fingerprint density at radius 2 is 2.38 bits per heavy atom. The van der Waals surface area contributed by atoms with Gasteiger partial charge in [-0.1, -0.05) is 6.92 Å². The molecule has 1 aromatic rings. The predicted octanol–water partition coefficient (Wildman–Crippen LogP) is 1.28. The van der Waals surface area contributed by atoms with Gasteiger partial charge in [0.15, 0.2) is 0 Å². The smallest absolute Gasteiger partial charge is 0.251 e. The van der Waals surface area contributed by atoms with Gasteiger partial charge in [0.1, 0.15) is 0 Å². The van der Waals surface area contributed by atoms with Crippen molar-refractivity contribution in [2.24, 2.45) is 0 Å². The highest BCUT2D eigenvalue weighted by molar-refractivity contribution is 5.94. The van der Waals surface area contributed by atoms with E-state index in [4.69, 9.17) is 0 Å². The highest BCUT2D eigenvalue weighted by atomic mass is 16.3. The Kier molecular flexibility index (Phi) is 4.92. The third-order valence-corrected chi connectivity index (χ3v) is 2.39. The average Bonchev–Trinajstić information content (AvgIpc) is 2.28. The van der Waals surface area contributed by atoms with Crippen LogP contribution in [0.25, 0.3) is 0 Å². The molecule has 0 aliphatic heterocycles. The lowest BCUT2D eigenvalue weighted by Gasteiger charge is -2.08. The van der Waals surface area contributed by atoms with Gasteiger partial charge in [0.2, 0.25) is 0 Å². The van der Waals surface area contributed by atoms with Crippen LogP contribution in [0.3, 0.4) is 0 Å². The quantitative estimate of drug-likeness (QED) is 0.789. The highest BCUT2D eigenvalue weighted by Crippen LogP contribution is 2.01. The van der Waals surface area contributed by atoms with Gasteiger partial charge in [0.05, 0.1) is 6.10 Å². The first-order valence-corrected chi connectivity index (χ1v) is 5.52. The van der Waals surface area contributed by atoms with Gasteiger partial charge < -0.3 is 10.4 Å². The molecule has 1 aromatic heterocycles. The Morgan fingerprint density at radius 1 is 1.62 bits per heavy atom. The standard InChI is InChI=1S/C12H18N2O2/c1-3-11(15)5-7-14-12(16)10-4-6-13-9(2)8-10/h4,6,8,11,15H,3,5,7H2,1-2H3,(H,14,16). The number of rotatable bonds is 5. The average molecular weight is 222 g/mol. The van der Waals surface area contributed by atoms with E-state index in [2.05, 4.69) is 10.3 Å². The van der Waals surface area contributed by atoms with Crippen LogP contribution < -0.4 is 5.32 Å². The minimum absolute atomic E-state index is 0.117. The van der Waals surface area contributed by atoms with E-state index in [0.29, 0.717) is 24.9 Å². The Hall–Kier alpha value is -1.42. The Labute approximate surface area is 95.7 Å². The summed E-state index contributed by atoms with van der Waals surface area (Å²) in [4.78, 5) is 15.7. The normalized spacial score (nSPS) is 12.2. The molecule has 4 heteroatoms. The number of hydrogen-bond acceptors (Lipinski definition) is 3. The molecule has 16 heavy (non-hydrogen) atoms. The fourth-order valence-corrected chi connectivity index (χ4v) is 1.35. The molecule has 0 aliphatic carbocycles. The zero-order chi connectivity index (χ0) is 12.0. The van der Waals surface area contributed by atoms with E-state index in [1.54, 1.807) is 18.3 Å². The molecule has 0 bridgehead atoms. The minimum Gasteiger partial charge on any atom is -0.393 e. The Balaban J connectivity index is 2.41. The lowest BCUT2D eigenvalue weighted by Crippen LogP contribution is -2.27. The van der Waals surface area contributed by atoms with Gasteiger partial charge in [-0.15, -0.1) is 0 Å². The lowest BCUT2D eigenvalue weighted by molar-refractivity contribution is 0.0941. The number of carbonyl (C=O) groups is 1. The van der Waals surface area contributed by atoms with Crippen LogP contribution in [0.15, 0.2) is 18.3 Å². The maximum Gasteiger partial charge on any atom is 0.251 e. The van der Waals surface area contributed by atoms with Crippen molar-refractivity contribution in [1.82, 2.24) is 10.3 Å². The molecule has 0 saturated carbocycles. The van der Waals surface area contributed by atoms with Crippen molar-refractivity contribution in [2.45, 2.75) is 32.8 Å². The van der Waals surface area contributed by atoms with Crippen LogP contribution in [0.2, 0.25) is 0 Å². The van der Waals surface area contributed by atoms with E-state index < -0.39 is 0 Å². The van der Waals surface area contributed by atoms with Crippen LogP contribution in [0, 0.1) is 6.92 Å². The van der Waals surface area contributed by atoms with Gasteiger partial charge in [-0.3, -0.25) is 9.78 Å². The third kappa shape index (κ3) is 3.98. The molecular formula is C12H18N2O2. The van der Waals surface area contributed by atoms with Crippen molar-refractivity contribution in [2.75, 3.05) is 6.54 Å². The SMILES string of the molecule is CCC(O)CCNC(=O)c1ccnc(C)c1. The first-order chi connectivity index (χ1) is 7.63. The van der Waals surface area contributed by atoms with E-state index >= 15 is 0 Å². The number of amides is 1. The Morgan fingerprint density at radius 3 is 3.00 bits per heavy atom. The molecule has 1 rings (SSSR count). The molecule has 1 atom stereocenters. The second kappa shape index (κ2) is 6.23. The molecule has 0 fully saturated rings. The van der Waals surface area contributed by atoms with Gasteiger partial charge in [0, 0.05) is 24.0 Å². The third-order valence-electron chi connectivity index (χ3n) is 2.39. The molecule has 1 unspecified atom stereocenters. The zero-order valence-electron chi connectivity index (χ0n) is 9.73. The van der Waals surface area contributed by atoms with Gasteiger partial charge >= 0.3 is 0 Å². The number of pyridine rings is 1. The lowest BCUT2D eigenvalue weighted by atomic mass is 10.2. The van der Waals surface area contributed by atoms with Crippen LogP contribution in [0.1, 0.15) is 35.8 Å². The van der Waals surface area contributed by atoms with Gasteiger partial charge in [-0.05, 0) is 31.9 Å². The second-order valence-corrected chi connectivity index (χ2v) is 3.79. The van der Waals surface area contributed by atoms with Crippen molar-refractivity contribution < 1.29 is 9.90 Å². The fraction of sp³-hybridized carbons (Fsp3) is 0.500. The van der Waals surface area contributed by atoms with Crippen molar-refractivity contribution in [3.8, 4) is 0 Å². The monoisotopic (exact) mass is 222 g/mol. The van der Waals surface area contributed by atoms with Crippen molar-refractivity contribution in [3.05, 3.63) is 29.6 Å². The zero-order valence-corrected chi connectivity index (χ0v) is 9.73. The van der Waals surface area contributed by atoms with Crippen molar-refractivity contribution in [3.63, 3.8) is 0 Å². The maximum absolute atomic E-state index is 11.6. The summed E-state index contributed by atoms with van der Waals surface area (Å²) in [5.41, 5.74) is 1.43. The molecule has 2 N–H and O–H groups in total. The van der Waals surface area contributed by atoms with Crippen molar-refractivity contribution >= 4 is 5.91 Å². The summed E-state index contributed by atoms with van der Waals surface area (Å²) in [6.07, 6.45) is 2.58. The van der Waals surface area contributed by atoms with E-state index in [0.717, 1.165) is 5.69 Å². The summed E-state index contributed by atoms with van der Waals surface area (Å²) in [6.45, 7) is 4.26. The van der Waals surface area contributed by atoms with Gasteiger partial charge in [0.25, 0.3) is 5.91 Å². The molecule has 1 heterocycles. The molecular weight excluding hydrogens is 204 g/mol. The summed E-state index contributed by atoms with van der Waals surface area (Å²) < 4.78 is 0. The first kappa shape index (κ1) is 12.6. The van der Waals surface area contributed by atoms with E-state index in [1.807, 2.05) is 13.8 Å². The number of aliphatic hydroxyl groups is 1. The molecule has 88 valence electrons. The number of aryl methyl sites for hydroxylation is 1. The molecule has 0 aliphatic rings. The van der Waals surface area contributed by atoms with Gasteiger partial charge in [-0.2, -0.15) is 0 Å². The maximum atomic E-state index is 11.6. The number of aliphatic hydroxyl groups excluding tert-OH is 1. The van der Waals surface area contributed by atoms with E-state index in [-0.39, 0.29) is 12.0 Å². The number of carbonyl (C=O) groups excluding carboxylic acids is 1. The van der Waals surface area contributed by atoms with Crippen LogP contribution in [0.5, 0.6) is 0 Å². The molecule has 0 radical (unpaired) electrons. The first-order valence-electron chi connectivity index (χ1n) is 5.52. The van der Waals surface area contributed by atoms with Crippen LogP contribution >= 0.6 is 0 Å². The topological polar surface area (TPSA) is 62.2 Å². The Bertz CT molecular complexity index is 353. The van der Waals surface area contributed by atoms with Crippen LogP contribution in [-0.2, 0) is 0 Å². The number of aromatic nitrogens is 1. The predicted molar refractivity (Wildman–Crippen MR) is 62.2 cm³/mol. The highest BCUT2D eigenvalue weighted by Gasteiger charge is 2.06. The summed E-state index contributed by atoms with van der Waals surface area (Å²) >= 11 is 0. The van der Waals surface area contributed by atoms with Crippen LogP contribution in [0.4, 0.5) is 0 Å². The second-order valence-electron chi connectivity index (χ2n) is 3.79. The summed E-state index contributed by atoms with van der Waals surface area (Å²) in [6, 6.07) is 3.42. The largest absolute Gasteiger partial charge is 0.393 e. The molecule has 1 amide bonds. The van der Waals surface area contributed by atoms with E-state index in [1.165, 1.54) is 0 Å². The number of hydrogen-bond donors (Lipinski definition) is 2. The van der Waals surface area contributed by atoms with Gasteiger partial charge in [-0.25, -0.2) is 0 Å². The molecule has 0 aromatic carbocycles. The summed E-state index contributed by atoms with van der Waals surface area (Å²) in [7, 11) is 0.